The van der Waals surface area contributed by atoms with Crippen molar-refractivity contribution in [1.82, 2.24) is 40.4 Å². The summed E-state index contributed by atoms with van der Waals surface area (Å²) in [5.41, 5.74) is 0.889. The fourth-order valence-corrected chi connectivity index (χ4v) is 2.08. The number of aryl methyl sites for hydroxylation is 1. The van der Waals surface area contributed by atoms with E-state index in [0.717, 1.165) is 5.69 Å². The van der Waals surface area contributed by atoms with Crippen molar-refractivity contribution in [2.75, 3.05) is 0 Å². The van der Waals surface area contributed by atoms with Gasteiger partial charge in [-0.2, -0.15) is 4.68 Å². The Morgan fingerprint density at radius 3 is 2.39 bits per heavy atom. The summed E-state index contributed by atoms with van der Waals surface area (Å²) in [4.78, 5) is 0. The molecule has 9 heteroatoms. The van der Waals surface area contributed by atoms with Crippen molar-refractivity contribution >= 4 is 11.8 Å². The summed E-state index contributed by atoms with van der Waals surface area (Å²) in [6.07, 6.45) is 0. The third kappa shape index (κ3) is 1.95. The van der Waals surface area contributed by atoms with Crippen LogP contribution in [0.3, 0.4) is 0 Å². The predicted molar refractivity (Wildman–Crippen MR) is 62.1 cm³/mol. The van der Waals surface area contributed by atoms with Crippen LogP contribution in [0.25, 0.3) is 5.69 Å². The van der Waals surface area contributed by atoms with Gasteiger partial charge in [0, 0.05) is 7.05 Å². The Morgan fingerprint density at radius 2 is 1.67 bits per heavy atom. The summed E-state index contributed by atoms with van der Waals surface area (Å²) >= 11 is 1.30. The van der Waals surface area contributed by atoms with Crippen molar-refractivity contribution in [3.63, 3.8) is 0 Å². The molecule has 0 aliphatic rings. The van der Waals surface area contributed by atoms with E-state index in [1.807, 2.05) is 30.3 Å². The molecule has 18 heavy (non-hydrogen) atoms. The van der Waals surface area contributed by atoms with E-state index in [9.17, 15) is 0 Å². The van der Waals surface area contributed by atoms with Crippen LogP contribution in [0.4, 0.5) is 0 Å². The van der Waals surface area contributed by atoms with Crippen molar-refractivity contribution in [3.8, 4) is 5.69 Å². The maximum atomic E-state index is 3.96. The molecular formula is C9H8N8S. The maximum Gasteiger partial charge on any atom is 0.221 e. The normalized spacial score (nSPS) is 10.7. The number of rotatable bonds is 3. The minimum Gasteiger partial charge on any atom is -0.223 e. The van der Waals surface area contributed by atoms with E-state index in [1.165, 1.54) is 11.8 Å². The fourth-order valence-electron chi connectivity index (χ4n) is 1.36. The lowest BCUT2D eigenvalue weighted by atomic mass is 10.3. The molecule has 0 N–H and O–H groups in total. The molecule has 0 spiro atoms. The summed E-state index contributed by atoms with van der Waals surface area (Å²) in [5.74, 6) is 0. The summed E-state index contributed by atoms with van der Waals surface area (Å²) < 4.78 is 3.20. The maximum absolute atomic E-state index is 3.96. The van der Waals surface area contributed by atoms with Gasteiger partial charge in [0.1, 0.15) is 0 Å². The molecule has 0 saturated carbocycles. The van der Waals surface area contributed by atoms with Gasteiger partial charge in [0.2, 0.25) is 10.3 Å². The van der Waals surface area contributed by atoms with Crippen LogP contribution in [-0.4, -0.2) is 40.4 Å². The highest BCUT2D eigenvalue weighted by Crippen LogP contribution is 2.23. The molecule has 0 fully saturated rings. The highest BCUT2D eigenvalue weighted by atomic mass is 32.2. The van der Waals surface area contributed by atoms with Crippen LogP contribution in [-0.2, 0) is 7.05 Å². The molecule has 0 aliphatic carbocycles. The number of aromatic nitrogens is 8. The lowest BCUT2D eigenvalue weighted by molar-refractivity contribution is 0.662. The quantitative estimate of drug-likeness (QED) is 0.670. The lowest BCUT2D eigenvalue weighted by Crippen LogP contribution is -2.00. The molecule has 0 amide bonds. The Morgan fingerprint density at radius 1 is 0.944 bits per heavy atom. The van der Waals surface area contributed by atoms with Crippen LogP contribution < -0.4 is 0 Å². The van der Waals surface area contributed by atoms with Crippen LogP contribution in [0.1, 0.15) is 0 Å². The Hall–Kier alpha value is -2.29. The summed E-state index contributed by atoms with van der Waals surface area (Å²) in [7, 11) is 1.76. The van der Waals surface area contributed by atoms with Gasteiger partial charge in [0.25, 0.3) is 0 Å². The van der Waals surface area contributed by atoms with Gasteiger partial charge in [-0.3, -0.25) is 0 Å². The lowest BCUT2D eigenvalue weighted by Gasteiger charge is -2.02. The van der Waals surface area contributed by atoms with Gasteiger partial charge in [-0.05, 0) is 44.7 Å². The molecule has 0 atom stereocenters. The fraction of sp³-hybridized carbons (Fsp3) is 0.111. The van der Waals surface area contributed by atoms with Crippen LogP contribution in [0.2, 0.25) is 0 Å². The Labute approximate surface area is 106 Å². The van der Waals surface area contributed by atoms with Crippen LogP contribution in [0, 0.1) is 0 Å². The van der Waals surface area contributed by atoms with Gasteiger partial charge >= 0.3 is 0 Å². The second-order valence-electron chi connectivity index (χ2n) is 3.40. The van der Waals surface area contributed by atoms with Crippen LogP contribution in [0.15, 0.2) is 40.6 Å². The predicted octanol–water partition coefficient (Wildman–Crippen LogP) is 0.337. The van der Waals surface area contributed by atoms with Crippen LogP contribution >= 0.6 is 11.8 Å². The molecule has 3 rings (SSSR count). The van der Waals surface area contributed by atoms with Gasteiger partial charge in [0.15, 0.2) is 0 Å². The molecule has 2 heterocycles. The second kappa shape index (κ2) is 4.53. The highest BCUT2D eigenvalue weighted by molar-refractivity contribution is 7.99. The van der Waals surface area contributed by atoms with Gasteiger partial charge in [-0.15, -0.1) is 10.2 Å². The standard InChI is InChI=1S/C9H8N8S/c1-16-8(10-12-14-16)18-9-11-13-15-17(9)7-5-3-2-4-6-7/h2-6H,1H3. The van der Waals surface area contributed by atoms with Crippen molar-refractivity contribution in [2.45, 2.75) is 10.3 Å². The topological polar surface area (TPSA) is 87.2 Å². The van der Waals surface area contributed by atoms with Crippen LogP contribution in [0.5, 0.6) is 0 Å². The molecule has 8 nitrogen and oxygen atoms in total. The van der Waals surface area contributed by atoms with E-state index in [0.29, 0.717) is 10.3 Å². The number of hydrogen-bond donors (Lipinski definition) is 0. The molecule has 0 aliphatic heterocycles. The number of hydrogen-bond acceptors (Lipinski definition) is 7. The van der Waals surface area contributed by atoms with E-state index in [-0.39, 0.29) is 0 Å². The smallest absolute Gasteiger partial charge is 0.221 e. The SMILES string of the molecule is Cn1nnnc1Sc1nnnn1-c1ccccc1. The average molecular weight is 260 g/mol. The molecule has 2 aromatic heterocycles. The number of para-hydroxylation sites is 1. The third-order valence-electron chi connectivity index (χ3n) is 2.21. The third-order valence-corrected chi connectivity index (χ3v) is 3.17. The van der Waals surface area contributed by atoms with Gasteiger partial charge in [-0.1, -0.05) is 18.2 Å². The van der Waals surface area contributed by atoms with E-state index < -0.39 is 0 Å². The molecule has 0 bridgehead atoms. The zero-order valence-corrected chi connectivity index (χ0v) is 10.2. The first-order chi connectivity index (χ1) is 8.84. The molecule has 3 aromatic rings. The van der Waals surface area contributed by atoms with Gasteiger partial charge in [0.05, 0.1) is 5.69 Å². The zero-order chi connectivity index (χ0) is 12.4. The van der Waals surface area contributed by atoms with Crippen molar-refractivity contribution in [3.05, 3.63) is 30.3 Å². The average Bonchev–Trinajstić information content (AvgIpc) is 3.01. The monoisotopic (exact) mass is 260 g/mol. The van der Waals surface area contributed by atoms with Gasteiger partial charge < -0.3 is 0 Å². The summed E-state index contributed by atoms with van der Waals surface area (Å²) in [5, 5.41) is 24.0. The van der Waals surface area contributed by atoms with Crippen molar-refractivity contribution in [2.24, 2.45) is 7.05 Å². The highest BCUT2D eigenvalue weighted by Gasteiger charge is 2.13. The minimum absolute atomic E-state index is 0.610. The Bertz CT molecular complexity index is 645. The van der Waals surface area contributed by atoms with Crippen molar-refractivity contribution < 1.29 is 0 Å². The van der Waals surface area contributed by atoms with E-state index in [4.69, 9.17) is 0 Å². The summed E-state index contributed by atoms with van der Waals surface area (Å²) in [6, 6.07) is 9.64. The number of tetrazole rings is 2. The van der Waals surface area contributed by atoms with Gasteiger partial charge in [-0.25, -0.2) is 4.68 Å². The van der Waals surface area contributed by atoms with E-state index in [1.54, 1.807) is 16.4 Å². The Kier molecular flexibility index (Phi) is 2.73. The largest absolute Gasteiger partial charge is 0.223 e. The first kappa shape index (κ1) is 10.8. The number of nitrogens with zero attached hydrogens (tertiary/aromatic N) is 8. The molecule has 90 valence electrons. The summed E-state index contributed by atoms with van der Waals surface area (Å²) in [6.45, 7) is 0. The Balaban J connectivity index is 1.95. The zero-order valence-electron chi connectivity index (χ0n) is 9.37. The van der Waals surface area contributed by atoms with E-state index in [2.05, 4.69) is 31.1 Å². The minimum atomic E-state index is 0.610. The molecule has 0 radical (unpaired) electrons. The van der Waals surface area contributed by atoms with Crippen molar-refractivity contribution in [1.29, 1.82) is 0 Å². The molecule has 0 saturated heterocycles. The molecular weight excluding hydrogens is 252 g/mol. The first-order valence-corrected chi connectivity index (χ1v) is 5.90. The molecule has 0 unspecified atom stereocenters. The molecule has 1 aromatic carbocycles. The first-order valence-electron chi connectivity index (χ1n) is 5.08. The number of benzene rings is 1. The second-order valence-corrected chi connectivity index (χ2v) is 4.33. The van der Waals surface area contributed by atoms with E-state index >= 15 is 0 Å².